The van der Waals surface area contributed by atoms with Crippen molar-refractivity contribution in [1.82, 2.24) is 5.32 Å². The molecule has 2 aliphatic rings. The summed E-state index contributed by atoms with van der Waals surface area (Å²) in [4.78, 5) is 0. The molecule has 0 spiro atoms. The van der Waals surface area contributed by atoms with Crippen LogP contribution in [0.25, 0.3) is 0 Å². The van der Waals surface area contributed by atoms with Crippen molar-refractivity contribution < 1.29 is 0 Å². The van der Waals surface area contributed by atoms with Crippen molar-refractivity contribution in [3.63, 3.8) is 0 Å². The molecule has 0 aromatic rings. The van der Waals surface area contributed by atoms with Crippen LogP contribution in [0.5, 0.6) is 0 Å². The van der Waals surface area contributed by atoms with Gasteiger partial charge in [0, 0.05) is 24.0 Å². The molecule has 0 bridgehead atoms. The molecule has 15 heavy (non-hydrogen) atoms. The molecule has 0 amide bonds. The summed E-state index contributed by atoms with van der Waals surface area (Å²) in [5, 5.41) is 3.64. The van der Waals surface area contributed by atoms with Crippen LogP contribution in [0.1, 0.15) is 33.1 Å². The quantitative estimate of drug-likeness (QED) is 0.725. The number of nitrogens with two attached hydrogens (primary N) is 1. The molecule has 0 saturated carbocycles. The molecule has 2 aliphatic carbocycles. The van der Waals surface area contributed by atoms with Crippen LogP contribution in [0, 0.1) is 5.92 Å². The molecule has 84 valence electrons. The monoisotopic (exact) mass is 206 g/mol. The summed E-state index contributed by atoms with van der Waals surface area (Å²) in [6.45, 7) is 4.41. The Morgan fingerprint density at radius 1 is 1.47 bits per heavy atom. The number of hydrogen-bond acceptors (Lipinski definition) is 2. The maximum absolute atomic E-state index is 6.24. The molecule has 0 radical (unpaired) electrons. The number of hydrogen-bond donors (Lipinski definition) is 2. The van der Waals surface area contributed by atoms with Crippen molar-refractivity contribution in [2.75, 3.05) is 0 Å². The number of fused-ring (bicyclic) bond motifs is 1. The predicted molar refractivity (Wildman–Crippen MR) is 64.6 cm³/mol. The van der Waals surface area contributed by atoms with Crippen molar-refractivity contribution >= 4 is 0 Å². The third-order valence-corrected chi connectivity index (χ3v) is 3.41. The highest BCUT2D eigenvalue weighted by Crippen LogP contribution is 2.32. The van der Waals surface area contributed by atoms with Gasteiger partial charge in [0.25, 0.3) is 0 Å². The first-order valence-corrected chi connectivity index (χ1v) is 6.06. The zero-order valence-electron chi connectivity index (χ0n) is 9.74. The van der Waals surface area contributed by atoms with Gasteiger partial charge < -0.3 is 11.1 Å². The van der Waals surface area contributed by atoms with E-state index >= 15 is 0 Å². The van der Waals surface area contributed by atoms with Crippen LogP contribution in [-0.2, 0) is 0 Å². The standard InChI is InChI=1S/C13H22N2/c1-9(2)15-12-8-4-6-10-5-3-7-11(14)13(10)12/h4-6,9,11-13,15H,3,7-8,14H2,1-2H3. The Kier molecular flexibility index (Phi) is 3.27. The summed E-state index contributed by atoms with van der Waals surface area (Å²) in [6.07, 6.45) is 10.3. The smallest absolute Gasteiger partial charge is 0.0187 e. The van der Waals surface area contributed by atoms with Gasteiger partial charge >= 0.3 is 0 Å². The van der Waals surface area contributed by atoms with E-state index in [1.165, 1.54) is 5.57 Å². The predicted octanol–water partition coefficient (Wildman–Crippen LogP) is 1.98. The van der Waals surface area contributed by atoms with Crippen molar-refractivity contribution in [3.8, 4) is 0 Å². The Bertz CT molecular complexity index is 278. The zero-order chi connectivity index (χ0) is 10.8. The Morgan fingerprint density at radius 3 is 3.00 bits per heavy atom. The molecule has 0 aromatic heterocycles. The lowest BCUT2D eigenvalue weighted by Gasteiger charge is -2.38. The zero-order valence-corrected chi connectivity index (χ0v) is 9.74. The third-order valence-electron chi connectivity index (χ3n) is 3.41. The fourth-order valence-corrected chi connectivity index (χ4v) is 2.81. The maximum atomic E-state index is 6.24. The van der Waals surface area contributed by atoms with Crippen LogP contribution in [0.3, 0.4) is 0 Å². The number of nitrogens with one attached hydrogen (secondary N) is 1. The third kappa shape index (κ3) is 2.32. The number of allylic oxidation sites excluding steroid dienone is 2. The minimum atomic E-state index is 0.339. The Hall–Kier alpha value is -0.600. The summed E-state index contributed by atoms with van der Waals surface area (Å²) in [6, 6.07) is 1.42. The summed E-state index contributed by atoms with van der Waals surface area (Å²) in [5.74, 6) is 0.533. The van der Waals surface area contributed by atoms with Gasteiger partial charge in [0.1, 0.15) is 0 Å². The van der Waals surface area contributed by atoms with Gasteiger partial charge in [-0.3, -0.25) is 0 Å². The van der Waals surface area contributed by atoms with E-state index in [2.05, 4.69) is 37.4 Å². The summed E-state index contributed by atoms with van der Waals surface area (Å²) >= 11 is 0. The van der Waals surface area contributed by atoms with Crippen LogP contribution in [0.2, 0.25) is 0 Å². The lowest BCUT2D eigenvalue weighted by molar-refractivity contribution is 0.303. The van der Waals surface area contributed by atoms with Crippen LogP contribution in [-0.4, -0.2) is 18.1 Å². The van der Waals surface area contributed by atoms with Gasteiger partial charge in [0.2, 0.25) is 0 Å². The van der Waals surface area contributed by atoms with E-state index in [9.17, 15) is 0 Å². The molecule has 0 aliphatic heterocycles. The topological polar surface area (TPSA) is 38.0 Å². The summed E-state index contributed by atoms with van der Waals surface area (Å²) in [7, 11) is 0. The highest BCUT2D eigenvalue weighted by Gasteiger charge is 2.32. The first-order valence-electron chi connectivity index (χ1n) is 6.06. The molecule has 0 fully saturated rings. The summed E-state index contributed by atoms with van der Waals surface area (Å²) < 4.78 is 0. The highest BCUT2D eigenvalue weighted by molar-refractivity contribution is 5.31. The van der Waals surface area contributed by atoms with Gasteiger partial charge in [0.15, 0.2) is 0 Å². The highest BCUT2D eigenvalue weighted by atomic mass is 15.0. The van der Waals surface area contributed by atoms with Crippen LogP contribution in [0.4, 0.5) is 0 Å². The normalized spacial score (nSPS) is 35.2. The van der Waals surface area contributed by atoms with E-state index in [4.69, 9.17) is 5.73 Å². The molecule has 3 N–H and O–H groups in total. The lowest BCUT2D eigenvalue weighted by atomic mass is 9.75. The van der Waals surface area contributed by atoms with Crippen molar-refractivity contribution in [3.05, 3.63) is 23.8 Å². The number of rotatable bonds is 2. The molecule has 2 rings (SSSR count). The largest absolute Gasteiger partial charge is 0.327 e. The fourth-order valence-electron chi connectivity index (χ4n) is 2.81. The van der Waals surface area contributed by atoms with Crippen LogP contribution < -0.4 is 11.1 Å². The molecule has 2 heteroatoms. The molecule has 3 unspecified atom stereocenters. The van der Waals surface area contributed by atoms with Crippen molar-refractivity contribution in [2.24, 2.45) is 11.7 Å². The Morgan fingerprint density at radius 2 is 2.27 bits per heavy atom. The van der Waals surface area contributed by atoms with Crippen molar-refractivity contribution in [2.45, 2.75) is 51.2 Å². The molecular weight excluding hydrogens is 184 g/mol. The van der Waals surface area contributed by atoms with Crippen molar-refractivity contribution in [1.29, 1.82) is 0 Å². The van der Waals surface area contributed by atoms with Crippen LogP contribution in [0.15, 0.2) is 23.8 Å². The molecule has 0 heterocycles. The second kappa shape index (κ2) is 4.50. The molecule has 2 nitrogen and oxygen atoms in total. The van der Waals surface area contributed by atoms with E-state index in [0.29, 0.717) is 24.0 Å². The van der Waals surface area contributed by atoms with E-state index in [1.807, 2.05) is 0 Å². The SMILES string of the molecule is CC(C)NC1CC=CC2=CCCC(N)C21. The first kappa shape index (κ1) is 10.9. The molecular formula is C13H22N2. The fraction of sp³-hybridized carbons (Fsp3) is 0.692. The second-order valence-corrected chi connectivity index (χ2v) is 5.04. The Labute approximate surface area is 92.6 Å². The first-order chi connectivity index (χ1) is 7.18. The van der Waals surface area contributed by atoms with Gasteiger partial charge in [0.05, 0.1) is 0 Å². The average molecular weight is 206 g/mol. The van der Waals surface area contributed by atoms with E-state index < -0.39 is 0 Å². The molecule has 3 atom stereocenters. The maximum Gasteiger partial charge on any atom is 0.0187 e. The van der Waals surface area contributed by atoms with Gasteiger partial charge in [-0.05, 0) is 24.8 Å². The second-order valence-electron chi connectivity index (χ2n) is 5.04. The van der Waals surface area contributed by atoms with Gasteiger partial charge in [-0.1, -0.05) is 32.1 Å². The van der Waals surface area contributed by atoms with Gasteiger partial charge in [-0.25, -0.2) is 0 Å². The van der Waals surface area contributed by atoms with Gasteiger partial charge in [-0.2, -0.15) is 0 Å². The minimum absolute atomic E-state index is 0.339. The van der Waals surface area contributed by atoms with Crippen LogP contribution >= 0.6 is 0 Å². The lowest BCUT2D eigenvalue weighted by Crippen LogP contribution is -2.50. The minimum Gasteiger partial charge on any atom is -0.327 e. The van der Waals surface area contributed by atoms with E-state index in [1.54, 1.807) is 0 Å². The molecule has 0 aromatic carbocycles. The average Bonchev–Trinajstić information content (AvgIpc) is 2.17. The van der Waals surface area contributed by atoms with E-state index in [0.717, 1.165) is 19.3 Å². The van der Waals surface area contributed by atoms with E-state index in [-0.39, 0.29) is 0 Å². The summed E-state index contributed by atoms with van der Waals surface area (Å²) in [5.41, 5.74) is 7.70. The molecule has 0 saturated heterocycles. The van der Waals surface area contributed by atoms with Gasteiger partial charge in [-0.15, -0.1) is 0 Å². The Balaban J connectivity index is 2.16.